The van der Waals surface area contributed by atoms with Crippen LogP contribution in [-0.4, -0.2) is 32.2 Å². The Labute approximate surface area is 150 Å². The number of fused-ring (bicyclic) bond motifs is 5. The summed E-state index contributed by atoms with van der Waals surface area (Å²) in [5.41, 5.74) is 3.00. The van der Waals surface area contributed by atoms with E-state index in [0.29, 0.717) is 24.6 Å². The second kappa shape index (κ2) is 6.48. The third-order valence-electron chi connectivity index (χ3n) is 7.32. The summed E-state index contributed by atoms with van der Waals surface area (Å²) in [6.45, 7) is 2.84. The molecule has 5 atom stereocenters. The summed E-state index contributed by atoms with van der Waals surface area (Å²) in [6, 6.07) is 4.02. The fourth-order valence-corrected chi connectivity index (χ4v) is 6.13. The summed E-state index contributed by atoms with van der Waals surface area (Å²) in [5, 5.41) is 10.1. The van der Waals surface area contributed by atoms with Crippen molar-refractivity contribution in [3.05, 3.63) is 23.3 Å². The number of hydrogen-bond donors (Lipinski definition) is 1. The lowest BCUT2D eigenvalue weighted by Gasteiger charge is -2.50. The van der Waals surface area contributed by atoms with Crippen LogP contribution in [0.5, 0.6) is 11.5 Å². The lowest BCUT2D eigenvalue weighted by Crippen LogP contribution is -2.44. The van der Waals surface area contributed by atoms with E-state index in [4.69, 9.17) is 14.2 Å². The second-order valence-electron chi connectivity index (χ2n) is 8.32. The molecule has 1 unspecified atom stereocenters. The van der Waals surface area contributed by atoms with Gasteiger partial charge in [-0.2, -0.15) is 0 Å². The third kappa shape index (κ3) is 2.65. The van der Waals surface area contributed by atoms with Crippen molar-refractivity contribution in [2.24, 2.45) is 17.3 Å². The zero-order valence-electron chi connectivity index (χ0n) is 15.6. The molecule has 2 fully saturated rings. The smallest absolute Gasteiger partial charge is 0.160 e. The minimum atomic E-state index is 0.272. The lowest BCUT2D eigenvalue weighted by atomic mass is 9.55. The minimum absolute atomic E-state index is 0.272. The summed E-state index contributed by atoms with van der Waals surface area (Å²) >= 11 is 0. The number of methoxy groups -OCH3 is 2. The zero-order valence-corrected chi connectivity index (χ0v) is 15.6. The molecular formula is C21H30O4. The largest absolute Gasteiger partial charge is 0.504 e. The molecule has 4 heteroatoms. The molecule has 0 heterocycles. The van der Waals surface area contributed by atoms with Crippen molar-refractivity contribution in [3.8, 4) is 11.5 Å². The van der Waals surface area contributed by atoms with Gasteiger partial charge in [0.2, 0.25) is 0 Å². The highest BCUT2D eigenvalue weighted by molar-refractivity contribution is 5.49. The van der Waals surface area contributed by atoms with Crippen molar-refractivity contribution in [3.63, 3.8) is 0 Å². The molecule has 1 N–H and O–H groups in total. The van der Waals surface area contributed by atoms with Crippen LogP contribution in [-0.2, 0) is 15.9 Å². The molecule has 0 aromatic heterocycles. The molecule has 25 heavy (non-hydrogen) atoms. The number of benzene rings is 1. The van der Waals surface area contributed by atoms with E-state index in [1.807, 2.05) is 6.07 Å². The van der Waals surface area contributed by atoms with Crippen LogP contribution in [0, 0.1) is 17.3 Å². The number of aromatic hydroxyl groups is 1. The number of aryl methyl sites for hydroxylation is 1. The summed E-state index contributed by atoms with van der Waals surface area (Å²) < 4.78 is 16.6. The van der Waals surface area contributed by atoms with Crippen molar-refractivity contribution >= 4 is 0 Å². The van der Waals surface area contributed by atoms with Gasteiger partial charge in [-0.05, 0) is 85.0 Å². The van der Waals surface area contributed by atoms with Crippen LogP contribution in [0.4, 0.5) is 0 Å². The van der Waals surface area contributed by atoms with Crippen LogP contribution in [0.1, 0.15) is 56.1 Å². The van der Waals surface area contributed by atoms with E-state index in [0.717, 1.165) is 24.7 Å². The van der Waals surface area contributed by atoms with E-state index in [2.05, 4.69) is 13.0 Å². The Morgan fingerprint density at radius 2 is 2.00 bits per heavy atom. The van der Waals surface area contributed by atoms with Crippen molar-refractivity contribution in [1.29, 1.82) is 0 Å². The van der Waals surface area contributed by atoms with Crippen LogP contribution in [0.3, 0.4) is 0 Å². The Balaban J connectivity index is 1.62. The van der Waals surface area contributed by atoms with Gasteiger partial charge in [0.05, 0.1) is 13.2 Å². The molecule has 0 radical (unpaired) electrons. The highest BCUT2D eigenvalue weighted by Gasteiger charge is 2.55. The Morgan fingerprint density at radius 1 is 1.16 bits per heavy atom. The van der Waals surface area contributed by atoms with Crippen molar-refractivity contribution in [2.75, 3.05) is 21.0 Å². The zero-order chi connectivity index (χ0) is 17.6. The fourth-order valence-electron chi connectivity index (χ4n) is 6.13. The van der Waals surface area contributed by atoms with Crippen LogP contribution in [0.25, 0.3) is 0 Å². The number of ether oxygens (including phenoxy) is 3. The topological polar surface area (TPSA) is 47.9 Å². The SMILES string of the molecule is COCOC1CC[C@H]2[C@@H]3CCc4cc(O)c(OC)cc4[C@H]3CC[C@]12C. The van der Waals surface area contributed by atoms with Crippen molar-refractivity contribution < 1.29 is 19.3 Å². The first kappa shape index (κ1) is 17.2. The summed E-state index contributed by atoms with van der Waals surface area (Å²) in [5.74, 6) is 2.92. The van der Waals surface area contributed by atoms with Gasteiger partial charge in [-0.25, -0.2) is 0 Å². The van der Waals surface area contributed by atoms with Crippen LogP contribution < -0.4 is 4.74 Å². The van der Waals surface area contributed by atoms with Crippen LogP contribution in [0.15, 0.2) is 12.1 Å². The highest BCUT2D eigenvalue weighted by atomic mass is 16.7. The summed E-state index contributed by atoms with van der Waals surface area (Å²) in [6.07, 6.45) is 7.43. The van der Waals surface area contributed by atoms with Gasteiger partial charge in [0, 0.05) is 7.11 Å². The molecule has 1 aromatic carbocycles. The van der Waals surface area contributed by atoms with Gasteiger partial charge in [0.25, 0.3) is 0 Å². The maximum absolute atomic E-state index is 10.1. The summed E-state index contributed by atoms with van der Waals surface area (Å²) in [7, 11) is 3.33. The fraction of sp³-hybridized carbons (Fsp3) is 0.714. The van der Waals surface area contributed by atoms with Crippen molar-refractivity contribution in [2.45, 2.75) is 57.5 Å². The van der Waals surface area contributed by atoms with Gasteiger partial charge in [-0.15, -0.1) is 0 Å². The van der Waals surface area contributed by atoms with Crippen LogP contribution >= 0.6 is 0 Å². The number of rotatable bonds is 4. The van der Waals surface area contributed by atoms with Gasteiger partial charge in [0.15, 0.2) is 11.5 Å². The molecule has 2 saturated carbocycles. The summed E-state index contributed by atoms with van der Waals surface area (Å²) in [4.78, 5) is 0. The van der Waals surface area contributed by atoms with Gasteiger partial charge in [-0.1, -0.05) is 6.92 Å². The molecule has 4 rings (SSSR count). The van der Waals surface area contributed by atoms with Crippen LogP contribution in [0.2, 0.25) is 0 Å². The average Bonchev–Trinajstić information content (AvgIpc) is 2.95. The molecule has 0 bridgehead atoms. The maximum atomic E-state index is 10.1. The number of phenolic OH excluding ortho intramolecular Hbond substituents is 1. The first-order valence-corrected chi connectivity index (χ1v) is 9.58. The van der Waals surface area contributed by atoms with E-state index in [9.17, 15) is 5.11 Å². The normalized spacial score (nSPS) is 36.4. The molecule has 0 amide bonds. The van der Waals surface area contributed by atoms with Gasteiger partial charge in [-0.3, -0.25) is 0 Å². The molecule has 0 saturated heterocycles. The Morgan fingerprint density at radius 3 is 2.76 bits per heavy atom. The third-order valence-corrected chi connectivity index (χ3v) is 7.32. The molecular weight excluding hydrogens is 316 g/mol. The van der Waals surface area contributed by atoms with Gasteiger partial charge >= 0.3 is 0 Å². The van der Waals surface area contributed by atoms with Gasteiger partial charge in [0.1, 0.15) is 6.79 Å². The van der Waals surface area contributed by atoms with E-state index in [-0.39, 0.29) is 11.2 Å². The Kier molecular flexibility index (Phi) is 4.45. The average molecular weight is 346 g/mol. The molecule has 0 spiro atoms. The minimum Gasteiger partial charge on any atom is -0.504 e. The molecule has 1 aromatic rings. The maximum Gasteiger partial charge on any atom is 0.160 e. The van der Waals surface area contributed by atoms with E-state index in [1.165, 1.54) is 36.8 Å². The number of hydrogen-bond acceptors (Lipinski definition) is 4. The monoisotopic (exact) mass is 346 g/mol. The first-order chi connectivity index (χ1) is 12.1. The van der Waals surface area contributed by atoms with E-state index in [1.54, 1.807) is 14.2 Å². The predicted octanol–water partition coefficient (Wildman–Crippen LogP) is 4.25. The second-order valence-corrected chi connectivity index (χ2v) is 8.32. The van der Waals surface area contributed by atoms with E-state index >= 15 is 0 Å². The quantitative estimate of drug-likeness (QED) is 0.828. The highest BCUT2D eigenvalue weighted by Crippen LogP contribution is 2.61. The molecule has 138 valence electrons. The predicted molar refractivity (Wildman–Crippen MR) is 96.0 cm³/mol. The Bertz CT molecular complexity index is 643. The first-order valence-electron chi connectivity index (χ1n) is 9.58. The molecule has 3 aliphatic carbocycles. The standard InChI is InChI=1S/C21H30O4/c1-21-9-8-14-15(17(21)6-7-20(21)25-12-23-2)5-4-13-10-18(22)19(24-3)11-16(13)14/h10-11,14-15,17,20,22H,4-9,12H2,1-3H3/t14-,15+,17-,20?,21-/m0/s1. The molecule has 0 aliphatic heterocycles. The van der Waals surface area contributed by atoms with E-state index < -0.39 is 0 Å². The lowest BCUT2D eigenvalue weighted by molar-refractivity contribution is -0.125. The Hall–Kier alpha value is -1.26. The molecule has 3 aliphatic rings. The van der Waals surface area contributed by atoms with Gasteiger partial charge < -0.3 is 19.3 Å². The molecule has 4 nitrogen and oxygen atoms in total. The van der Waals surface area contributed by atoms with Crippen molar-refractivity contribution in [1.82, 2.24) is 0 Å². The number of phenols is 1.